The van der Waals surface area contributed by atoms with Crippen molar-refractivity contribution in [1.82, 2.24) is 0 Å². The van der Waals surface area contributed by atoms with E-state index in [2.05, 4.69) is 18.2 Å². The van der Waals surface area contributed by atoms with E-state index in [1.165, 1.54) is 33.4 Å². The van der Waals surface area contributed by atoms with Crippen molar-refractivity contribution in [2.24, 2.45) is 5.73 Å². The number of nitrogens with two attached hydrogens (primary N) is 1. The van der Waals surface area contributed by atoms with Gasteiger partial charge in [0.15, 0.2) is 0 Å². The number of carbonyl (C=O) groups excluding carboxylic acids is 1. The Morgan fingerprint density at radius 2 is 1.29 bits per heavy atom. The zero-order chi connectivity index (χ0) is 24.2. The first kappa shape index (κ1) is 24.1. The number of amides is 1. The molecule has 0 aromatic heterocycles. The SMILES string of the molecule is CC.NC(=O)C[C@@H]1CCc2ccc3c(c21)CCO3.O=C(O)C[C@@H]1CCc2ccc3c(c21)CCO3. The third-order valence-corrected chi connectivity index (χ3v) is 7.24. The lowest BCUT2D eigenvalue weighted by molar-refractivity contribution is -0.137. The Hall–Kier alpha value is -3.02. The summed E-state index contributed by atoms with van der Waals surface area (Å²) in [5.41, 5.74) is 13.2. The number of hydrogen-bond acceptors (Lipinski definition) is 4. The lowest BCUT2D eigenvalue weighted by atomic mass is 9.92. The largest absolute Gasteiger partial charge is 0.493 e. The first-order valence-electron chi connectivity index (χ1n) is 12.6. The van der Waals surface area contributed by atoms with Gasteiger partial charge in [0.2, 0.25) is 5.91 Å². The molecule has 2 aliphatic heterocycles. The Bertz CT molecular complexity index is 991. The molecular formula is C28H35NO5. The van der Waals surface area contributed by atoms with Crippen LogP contribution in [0.4, 0.5) is 0 Å². The molecule has 0 saturated heterocycles. The molecule has 0 fully saturated rings. The maximum atomic E-state index is 11.1. The third-order valence-electron chi connectivity index (χ3n) is 7.24. The van der Waals surface area contributed by atoms with E-state index >= 15 is 0 Å². The van der Waals surface area contributed by atoms with Crippen LogP contribution >= 0.6 is 0 Å². The summed E-state index contributed by atoms with van der Waals surface area (Å²) >= 11 is 0. The Morgan fingerprint density at radius 1 is 0.824 bits per heavy atom. The average molecular weight is 466 g/mol. The minimum absolute atomic E-state index is 0.198. The number of ether oxygens (including phenoxy) is 2. The summed E-state index contributed by atoms with van der Waals surface area (Å²) in [6.07, 6.45) is 6.75. The number of benzene rings is 2. The fraction of sp³-hybridized carbons (Fsp3) is 0.500. The van der Waals surface area contributed by atoms with Crippen LogP contribution < -0.4 is 15.2 Å². The fourth-order valence-electron chi connectivity index (χ4n) is 5.96. The zero-order valence-electron chi connectivity index (χ0n) is 20.2. The fourth-order valence-corrected chi connectivity index (χ4v) is 5.96. The second-order valence-corrected chi connectivity index (χ2v) is 9.17. The Morgan fingerprint density at radius 3 is 1.74 bits per heavy atom. The monoisotopic (exact) mass is 465 g/mol. The van der Waals surface area contributed by atoms with Crippen LogP contribution in [0.2, 0.25) is 0 Å². The first-order chi connectivity index (χ1) is 16.5. The van der Waals surface area contributed by atoms with Gasteiger partial charge in [0.05, 0.1) is 19.6 Å². The molecule has 4 aliphatic rings. The standard InChI is InChI=1S/C13H15NO2.C13H14O3.C2H6/c2*14-12(15)7-9-2-1-8-3-4-11-10(13(8)9)5-6-16-11;1-2/h3-4,9H,1-2,5-7H2,(H2,14,15);3-4,9H,1-2,5-7H2,(H,14,15);1-2H3/t2*9-;/m00./s1. The molecule has 1 amide bonds. The minimum atomic E-state index is -0.700. The molecule has 0 radical (unpaired) electrons. The molecule has 0 bridgehead atoms. The third kappa shape index (κ3) is 4.77. The van der Waals surface area contributed by atoms with E-state index in [9.17, 15) is 9.59 Å². The van der Waals surface area contributed by atoms with Crippen molar-refractivity contribution in [1.29, 1.82) is 0 Å². The lowest BCUT2D eigenvalue weighted by Crippen LogP contribution is -2.14. The molecule has 2 aromatic carbocycles. The van der Waals surface area contributed by atoms with Gasteiger partial charge in [-0.1, -0.05) is 26.0 Å². The number of hydrogen-bond donors (Lipinski definition) is 2. The van der Waals surface area contributed by atoms with Gasteiger partial charge in [-0.05, 0) is 71.9 Å². The van der Waals surface area contributed by atoms with Crippen molar-refractivity contribution < 1.29 is 24.2 Å². The van der Waals surface area contributed by atoms with Gasteiger partial charge in [0, 0.05) is 30.4 Å². The Kier molecular flexibility index (Phi) is 7.44. The van der Waals surface area contributed by atoms with E-state index in [0.717, 1.165) is 63.2 Å². The van der Waals surface area contributed by atoms with E-state index in [4.69, 9.17) is 20.3 Å². The molecule has 0 saturated carbocycles. The summed E-state index contributed by atoms with van der Waals surface area (Å²) in [6, 6.07) is 8.33. The summed E-state index contributed by atoms with van der Waals surface area (Å²) < 4.78 is 11.1. The van der Waals surface area contributed by atoms with Crippen molar-refractivity contribution in [3.63, 3.8) is 0 Å². The number of carboxylic acids is 1. The summed E-state index contributed by atoms with van der Waals surface area (Å²) in [7, 11) is 0. The lowest BCUT2D eigenvalue weighted by Gasteiger charge is -2.12. The van der Waals surface area contributed by atoms with Crippen molar-refractivity contribution in [3.05, 3.63) is 57.6 Å². The van der Waals surface area contributed by atoms with Crippen LogP contribution in [-0.4, -0.2) is 30.2 Å². The van der Waals surface area contributed by atoms with Gasteiger partial charge in [-0.25, -0.2) is 0 Å². The number of carbonyl (C=O) groups is 2. The predicted molar refractivity (Wildman–Crippen MR) is 131 cm³/mol. The van der Waals surface area contributed by atoms with E-state index in [-0.39, 0.29) is 18.2 Å². The van der Waals surface area contributed by atoms with Crippen molar-refractivity contribution in [2.75, 3.05) is 13.2 Å². The molecule has 0 unspecified atom stereocenters. The number of primary amides is 1. The molecule has 2 heterocycles. The normalized spacial score (nSPS) is 20.3. The highest BCUT2D eigenvalue weighted by molar-refractivity contribution is 5.75. The van der Waals surface area contributed by atoms with Crippen molar-refractivity contribution >= 4 is 11.9 Å². The van der Waals surface area contributed by atoms with Crippen molar-refractivity contribution in [2.45, 2.75) is 77.0 Å². The molecule has 2 aromatic rings. The maximum absolute atomic E-state index is 11.1. The second-order valence-electron chi connectivity index (χ2n) is 9.17. The smallest absolute Gasteiger partial charge is 0.303 e. The van der Waals surface area contributed by atoms with Gasteiger partial charge in [-0.15, -0.1) is 0 Å². The molecule has 2 atom stereocenters. The van der Waals surface area contributed by atoms with Crippen molar-refractivity contribution in [3.8, 4) is 11.5 Å². The number of fused-ring (bicyclic) bond motifs is 6. The molecule has 182 valence electrons. The van der Waals surface area contributed by atoms with Crippen LogP contribution in [0.5, 0.6) is 11.5 Å². The van der Waals surface area contributed by atoms with Crippen LogP contribution in [0.3, 0.4) is 0 Å². The minimum Gasteiger partial charge on any atom is -0.493 e. The predicted octanol–water partition coefficient (Wildman–Crippen LogP) is 4.68. The summed E-state index contributed by atoms with van der Waals surface area (Å²) in [5.74, 6) is 1.60. The zero-order valence-corrected chi connectivity index (χ0v) is 20.2. The molecule has 2 aliphatic carbocycles. The van der Waals surface area contributed by atoms with Gasteiger partial charge < -0.3 is 20.3 Å². The van der Waals surface area contributed by atoms with E-state index in [0.29, 0.717) is 12.3 Å². The molecule has 34 heavy (non-hydrogen) atoms. The van der Waals surface area contributed by atoms with E-state index in [1.807, 2.05) is 19.9 Å². The quantitative estimate of drug-likeness (QED) is 0.683. The Labute approximate surface area is 201 Å². The number of carboxylic acid groups (broad SMARTS) is 1. The van der Waals surface area contributed by atoms with Crippen LogP contribution in [0.25, 0.3) is 0 Å². The van der Waals surface area contributed by atoms with Gasteiger partial charge in [0.1, 0.15) is 11.5 Å². The van der Waals surface area contributed by atoms with Crippen LogP contribution in [0.1, 0.15) is 84.7 Å². The number of aryl methyl sites for hydroxylation is 2. The van der Waals surface area contributed by atoms with Gasteiger partial charge >= 0.3 is 5.97 Å². The molecule has 3 N–H and O–H groups in total. The second kappa shape index (κ2) is 10.5. The summed E-state index contributed by atoms with van der Waals surface area (Å²) in [4.78, 5) is 21.9. The summed E-state index contributed by atoms with van der Waals surface area (Å²) in [5, 5.41) is 8.92. The molecule has 6 heteroatoms. The highest BCUT2D eigenvalue weighted by Gasteiger charge is 2.31. The summed E-state index contributed by atoms with van der Waals surface area (Å²) in [6.45, 7) is 5.51. The topological polar surface area (TPSA) is 98.9 Å². The highest BCUT2D eigenvalue weighted by Crippen LogP contribution is 2.44. The maximum Gasteiger partial charge on any atom is 0.303 e. The first-order valence-corrected chi connectivity index (χ1v) is 12.6. The molecule has 6 nitrogen and oxygen atoms in total. The molecule has 6 rings (SSSR count). The van der Waals surface area contributed by atoms with E-state index < -0.39 is 5.97 Å². The van der Waals surface area contributed by atoms with Crippen LogP contribution in [0.15, 0.2) is 24.3 Å². The average Bonchev–Trinajstić information content (AvgIpc) is 3.60. The number of rotatable bonds is 4. The van der Waals surface area contributed by atoms with Gasteiger partial charge in [-0.2, -0.15) is 0 Å². The van der Waals surface area contributed by atoms with Gasteiger partial charge in [0.25, 0.3) is 0 Å². The van der Waals surface area contributed by atoms with Crippen LogP contribution in [-0.2, 0) is 35.3 Å². The Balaban J connectivity index is 0.000000150. The van der Waals surface area contributed by atoms with Gasteiger partial charge in [-0.3, -0.25) is 9.59 Å². The molecule has 0 spiro atoms. The van der Waals surface area contributed by atoms with Crippen LogP contribution in [0, 0.1) is 0 Å². The highest BCUT2D eigenvalue weighted by atomic mass is 16.5. The number of aliphatic carboxylic acids is 1. The van der Waals surface area contributed by atoms with E-state index in [1.54, 1.807) is 0 Å². The molecular weight excluding hydrogens is 430 g/mol.